The van der Waals surface area contributed by atoms with Crippen molar-refractivity contribution in [2.75, 3.05) is 12.3 Å². The molecule has 0 amide bonds. The van der Waals surface area contributed by atoms with Gasteiger partial charge in [0.15, 0.2) is 0 Å². The highest BCUT2D eigenvalue weighted by atomic mass is 32.2. The first-order valence-corrected chi connectivity index (χ1v) is 7.93. The molecule has 1 rings (SSSR count). The Kier molecular flexibility index (Phi) is 5.78. The van der Waals surface area contributed by atoms with Crippen molar-refractivity contribution < 1.29 is 13.5 Å². The zero-order valence-corrected chi connectivity index (χ0v) is 12.2. The van der Waals surface area contributed by atoms with Crippen LogP contribution in [0.4, 0.5) is 5.69 Å². The molecule has 108 valence electrons. The van der Waals surface area contributed by atoms with Crippen LogP contribution in [0.15, 0.2) is 24.3 Å². The number of aliphatic hydroxyl groups is 1. The molecule has 1 aromatic carbocycles. The van der Waals surface area contributed by atoms with Crippen LogP contribution in [0.25, 0.3) is 0 Å². The average Bonchev–Trinajstić information content (AvgIpc) is 2.30. The molecule has 0 fully saturated rings. The zero-order chi connectivity index (χ0) is 14.5. The normalized spacial score (nSPS) is 13.7. The summed E-state index contributed by atoms with van der Waals surface area (Å²) < 4.78 is 26.5. The SMILES string of the molecule is CC(C)CC(CO)NS(=O)(=O)Cc1ccc(N)cc1. The summed E-state index contributed by atoms with van der Waals surface area (Å²) in [4.78, 5) is 0. The lowest BCUT2D eigenvalue weighted by Crippen LogP contribution is -2.39. The minimum absolute atomic E-state index is 0.109. The van der Waals surface area contributed by atoms with Crippen molar-refractivity contribution in [1.82, 2.24) is 4.72 Å². The van der Waals surface area contributed by atoms with E-state index >= 15 is 0 Å². The van der Waals surface area contributed by atoms with Gasteiger partial charge in [0.25, 0.3) is 0 Å². The minimum Gasteiger partial charge on any atom is -0.399 e. The van der Waals surface area contributed by atoms with E-state index in [1.807, 2.05) is 13.8 Å². The molecule has 0 heterocycles. The lowest BCUT2D eigenvalue weighted by Gasteiger charge is -2.18. The van der Waals surface area contributed by atoms with Gasteiger partial charge in [0.1, 0.15) is 0 Å². The molecular weight excluding hydrogens is 264 g/mol. The zero-order valence-electron chi connectivity index (χ0n) is 11.3. The van der Waals surface area contributed by atoms with Gasteiger partial charge in [0.05, 0.1) is 12.4 Å². The highest BCUT2D eigenvalue weighted by Gasteiger charge is 2.18. The Hall–Kier alpha value is -1.11. The average molecular weight is 286 g/mol. The van der Waals surface area contributed by atoms with Crippen LogP contribution in [-0.4, -0.2) is 26.2 Å². The first-order chi connectivity index (χ1) is 8.82. The molecule has 0 saturated carbocycles. The Morgan fingerprint density at radius 2 is 1.84 bits per heavy atom. The monoisotopic (exact) mass is 286 g/mol. The molecule has 1 atom stereocenters. The maximum absolute atomic E-state index is 12.0. The van der Waals surface area contributed by atoms with Gasteiger partial charge >= 0.3 is 0 Å². The molecule has 1 unspecified atom stereocenters. The van der Waals surface area contributed by atoms with Crippen molar-refractivity contribution in [3.8, 4) is 0 Å². The van der Waals surface area contributed by atoms with Crippen LogP contribution in [0.2, 0.25) is 0 Å². The van der Waals surface area contributed by atoms with Crippen LogP contribution in [0.1, 0.15) is 25.8 Å². The van der Waals surface area contributed by atoms with Crippen LogP contribution >= 0.6 is 0 Å². The van der Waals surface area contributed by atoms with Crippen LogP contribution in [0, 0.1) is 5.92 Å². The molecule has 1 aromatic rings. The van der Waals surface area contributed by atoms with Crippen LogP contribution in [0.3, 0.4) is 0 Å². The van der Waals surface area contributed by atoms with Crippen LogP contribution < -0.4 is 10.5 Å². The number of anilines is 1. The molecule has 19 heavy (non-hydrogen) atoms. The van der Waals surface area contributed by atoms with E-state index in [-0.39, 0.29) is 12.4 Å². The van der Waals surface area contributed by atoms with Crippen molar-refractivity contribution in [3.05, 3.63) is 29.8 Å². The number of hydrogen-bond donors (Lipinski definition) is 3. The van der Waals surface area contributed by atoms with Gasteiger partial charge in [-0.2, -0.15) is 0 Å². The molecular formula is C13H22N2O3S. The number of hydrogen-bond acceptors (Lipinski definition) is 4. The van der Waals surface area contributed by atoms with Gasteiger partial charge < -0.3 is 10.8 Å². The Balaban J connectivity index is 2.67. The van der Waals surface area contributed by atoms with Crippen molar-refractivity contribution in [1.29, 1.82) is 0 Å². The Morgan fingerprint density at radius 3 is 2.32 bits per heavy atom. The summed E-state index contributed by atoms with van der Waals surface area (Å²) in [7, 11) is -3.46. The standard InChI is InChI=1S/C13H22N2O3S/c1-10(2)7-13(8-16)15-19(17,18)9-11-3-5-12(14)6-4-11/h3-6,10,13,15-16H,7-9,14H2,1-2H3. The van der Waals surface area contributed by atoms with Crippen molar-refractivity contribution in [3.63, 3.8) is 0 Å². The highest BCUT2D eigenvalue weighted by molar-refractivity contribution is 7.88. The summed E-state index contributed by atoms with van der Waals surface area (Å²) in [6.45, 7) is 3.77. The van der Waals surface area contributed by atoms with E-state index in [0.29, 0.717) is 23.6 Å². The molecule has 0 aromatic heterocycles. The van der Waals surface area contributed by atoms with Gasteiger partial charge in [-0.3, -0.25) is 0 Å². The molecule has 0 spiro atoms. The van der Waals surface area contributed by atoms with Gasteiger partial charge in [-0.25, -0.2) is 13.1 Å². The van der Waals surface area contributed by atoms with E-state index in [9.17, 15) is 13.5 Å². The summed E-state index contributed by atoms with van der Waals surface area (Å²) in [6.07, 6.45) is 0.609. The molecule has 5 nitrogen and oxygen atoms in total. The molecule has 0 radical (unpaired) electrons. The number of nitrogen functional groups attached to an aromatic ring is 1. The topological polar surface area (TPSA) is 92.4 Å². The van der Waals surface area contributed by atoms with Crippen LogP contribution in [-0.2, 0) is 15.8 Å². The number of aliphatic hydroxyl groups excluding tert-OH is 1. The predicted molar refractivity (Wildman–Crippen MR) is 76.9 cm³/mol. The predicted octanol–water partition coefficient (Wildman–Crippen LogP) is 1.10. The molecule has 4 N–H and O–H groups in total. The number of rotatable bonds is 7. The van der Waals surface area contributed by atoms with E-state index < -0.39 is 16.1 Å². The second-order valence-corrected chi connectivity index (χ2v) is 6.88. The lowest BCUT2D eigenvalue weighted by molar-refractivity contribution is 0.240. The fourth-order valence-corrected chi connectivity index (χ4v) is 3.25. The second-order valence-electron chi connectivity index (χ2n) is 5.13. The summed E-state index contributed by atoms with van der Waals surface area (Å²) in [5, 5.41) is 9.20. The number of sulfonamides is 1. The maximum Gasteiger partial charge on any atom is 0.216 e. The summed E-state index contributed by atoms with van der Waals surface area (Å²) >= 11 is 0. The van der Waals surface area contributed by atoms with Gasteiger partial charge in [0, 0.05) is 11.7 Å². The Morgan fingerprint density at radius 1 is 1.26 bits per heavy atom. The minimum atomic E-state index is -3.46. The molecule has 0 aliphatic rings. The van der Waals surface area contributed by atoms with E-state index in [1.165, 1.54) is 0 Å². The Labute approximate surface area is 114 Å². The number of benzene rings is 1. The Bertz CT molecular complexity index is 483. The fourth-order valence-electron chi connectivity index (χ4n) is 1.86. The van der Waals surface area contributed by atoms with Gasteiger partial charge in [-0.1, -0.05) is 26.0 Å². The van der Waals surface area contributed by atoms with E-state index in [1.54, 1.807) is 24.3 Å². The van der Waals surface area contributed by atoms with Crippen molar-refractivity contribution in [2.45, 2.75) is 32.1 Å². The second kappa shape index (κ2) is 6.88. The first kappa shape index (κ1) is 15.9. The van der Waals surface area contributed by atoms with E-state index in [0.717, 1.165) is 0 Å². The third kappa shape index (κ3) is 6.04. The van der Waals surface area contributed by atoms with Gasteiger partial charge in [-0.15, -0.1) is 0 Å². The van der Waals surface area contributed by atoms with Crippen molar-refractivity contribution in [2.24, 2.45) is 5.92 Å². The highest BCUT2D eigenvalue weighted by Crippen LogP contribution is 2.11. The molecule has 6 heteroatoms. The summed E-state index contributed by atoms with van der Waals surface area (Å²) in [6, 6.07) is 6.28. The molecule has 0 saturated heterocycles. The molecule has 0 aliphatic heterocycles. The summed E-state index contributed by atoms with van der Waals surface area (Å²) in [5.41, 5.74) is 6.82. The number of nitrogens with one attached hydrogen (secondary N) is 1. The third-order valence-corrected chi connectivity index (χ3v) is 4.06. The quantitative estimate of drug-likeness (QED) is 0.654. The van der Waals surface area contributed by atoms with Crippen LogP contribution in [0.5, 0.6) is 0 Å². The van der Waals surface area contributed by atoms with Crippen molar-refractivity contribution >= 4 is 15.7 Å². The van der Waals surface area contributed by atoms with Gasteiger partial charge in [-0.05, 0) is 30.0 Å². The fraction of sp³-hybridized carbons (Fsp3) is 0.538. The lowest BCUT2D eigenvalue weighted by atomic mass is 10.1. The number of nitrogens with two attached hydrogens (primary N) is 1. The van der Waals surface area contributed by atoms with E-state index in [2.05, 4.69) is 4.72 Å². The smallest absolute Gasteiger partial charge is 0.216 e. The molecule has 0 bridgehead atoms. The molecule has 0 aliphatic carbocycles. The first-order valence-electron chi connectivity index (χ1n) is 6.27. The third-order valence-electron chi connectivity index (χ3n) is 2.66. The largest absolute Gasteiger partial charge is 0.399 e. The van der Waals surface area contributed by atoms with E-state index in [4.69, 9.17) is 5.73 Å². The summed E-state index contributed by atoms with van der Waals surface area (Å²) in [5.74, 6) is 0.207. The van der Waals surface area contributed by atoms with Gasteiger partial charge in [0.2, 0.25) is 10.0 Å². The maximum atomic E-state index is 12.0.